The number of benzene rings is 1. The predicted molar refractivity (Wildman–Crippen MR) is 81.7 cm³/mol. The second-order valence-electron chi connectivity index (χ2n) is 5.59. The van der Waals surface area contributed by atoms with Crippen LogP contribution in [0, 0.1) is 12.8 Å². The van der Waals surface area contributed by atoms with Crippen LogP contribution in [0.5, 0.6) is 0 Å². The largest absolute Gasteiger partial charge is 0.480 e. The molecule has 2 atom stereocenters. The molecule has 0 aliphatic carbocycles. The van der Waals surface area contributed by atoms with Gasteiger partial charge in [0.1, 0.15) is 6.04 Å². The second-order valence-corrected chi connectivity index (χ2v) is 6.00. The van der Waals surface area contributed by atoms with Gasteiger partial charge in [0.25, 0.3) is 0 Å². The number of carbonyl (C=O) groups is 2. The second kappa shape index (κ2) is 6.35. The van der Waals surface area contributed by atoms with E-state index in [0.29, 0.717) is 29.6 Å². The van der Waals surface area contributed by atoms with Crippen molar-refractivity contribution in [1.29, 1.82) is 0 Å². The topological polar surface area (TPSA) is 69.6 Å². The molecule has 0 spiro atoms. The van der Waals surface area contributed by atoms with Crippen LogP contribution in [0.2, 0.25) is 5.02 Å². The number of rotatable bonds is 2. The van der Waals surface area contributed by atoms with Gasteiger partial charge in [-0.05, 0) is 43.4 Å². The van der Waals surface area contributed by atoms with E-state index in [0.717, 1.165) is 12.0 Å². The Morgan fingerprint density at radius 2 is 2.14 bits per heavy atom. The first-order valence-corrected chi connectivity index (χ1v) is 7.33. The van der Waals surface area contributed by atoms with Gasteiger partial charge in [0.05, 0.1) is 10.7 Å². The lowest BCUT2D eigenvalue weighted by molar-refractivity contribution is -0.143. The predicted octanol–water partition coefficient (Wildman–Crippen LogP) is 3.37. The summed E-state index contributed by atoms with van der Waals surface area (Å²) in [7, 11) is 0. The molecule has 1 heterocycles. The van der Waals surface area contributed by atoms with Crippen LogP contribution >= 0.6 is 11.6 Å². The molecule has 2 rings (SSSR count). The van der Waals surface area contributed by atoms with Gasteiger partial charge in [-0.1, -0.05) is 24.6 Å². The smallest absolute Gasteiger partial charge is 0.326 e. The molecule has 2 N–H and O–H groups in total. The number of carboxylic acids is 1. The Morgan fingerprint density at radius 3 is 2.81 bits per heavy atom. The molecule has 114 valence electrons. The summed E-state index contributed by atoms with van der Waals surface area (Å²) in [5, 5.41) is 12.4. The van der Waals surface area contributed by atoms with Crippen LogP contribution in [0.15, 0.2) is 18.2 Å². The van der Waals surface area contributed by atoms with Crippen molar-refractivity contribution >= 4 is 29.3 Å². The number of urea groups is 1. The number of carbonyl (C=O) groups excluding carboxylic acids is 1. The number of aliphatic carboxylic acids is 1. The molecule has 1 aliphatic rings. The van der Waals surface area contributed by atoms with Gasteiger partial charge in [0, 0.05) is 6.54 Å². The first-order valence-electron chi connectivity index (χ1n) is 6.95. The van der Waals surface area contributed by atoms with Crippen LogP contribution in [0.4, 0.5) is 10.5 Å². The highest BCUT2D eigenvalue weighted by atomic mass is 35.5. The summed E-state index contributed by atoms with van der Waals surface area (Å²) in [6.45, 7) is 4.34. The number of carboxylic acid groups (broad SMARTS) is 1. The lowest BCUT2D eigenvalue weighted by Gasteiger charge is -2.35. The molecular formula is C15H19ClN2O3. The average Bonchev–Trinajstić information content (AvgIpc) is 2.42. The molecule has 0 aromatic heterocycles. The van der Waals surface area contributed by atoms with Crippen LogP contribution in [-0.4, -0.2) is 34.6 Å². The molecule has 0 saturated carbocycles. The zero-order chi connectivity index (χ0) is 15.6. The van der Waals surface area contributed by atoms with E-state index in [1.54, 1.807) is 12.1 Å². The number of nitrogens with one attached hydrogen (secondary N) is 1. The van der Waals surface area contributed by atoms with Crippen LogP contribution in [-0.2, 0) is 4.79 Å². The summed E-state index contributed by atoms with van der Waals surface area (Å²) in [5.41, 5.74) is 1.47. The summed E-state index contributed by atoms with van der Waals surface area (Å²) in [6.07, 6.45) is 1.28. The first-order chi connectivity index (χ1) is 9.88. The van der Waals surface area contributed by atoms with Crippen LogP contribution in [0.25, 0.3) is 0 Å². The van der Waals surface area contributed by atoms with Crippen LogP contribution in [0.3, 0.4) is 0 Å². The maximum absolute atomic E-state index is 12.3. The molecule has 1 fully saturated rings. The molecule has 1 saturated heterocycles. The zero-order valence-electron chi connectivity index (χ0n) is 12.1. The molecule has 21 heavy (non-hydrogen) atoms. The average molecular weight is 311 g/mol. The Hall–Kier alpha value is -1.75. The zero-order valence-corrected chi connectivity index (χ0v) is 12.9. The Balaban J connectivity index is 2.15. The van der Waals surface area contributed by atoms with Gasteiger partial charge in [0.15, 0.2) is 0 Å². The van der Waals surface area contributed by atoms with Crippen molar-refractivity contribution in [2.45, 2.75) is 32.7 Å². The number of nitrogens with zero attached hydrogens (tertiary/aromatic N) is 1. The highest BCUT2D eigenvalue weighted by molar-refractivity contribution is 6.33. The summed E-state index contributed by atoms with van der Waals surface area (Å²) in [5.74, 6) is -0.662. The van der Waals surface area contributed by atoms with E-state index in [4.69, 9.17) is 11.6 Å². The molecule has 1 aliphatic heterocycles. The monoisotopic (exact) mass is 310 g/mol. The van der Waals surface area contributed by atoms with Gasteiger partial charge in [-0.3, -0.25) is 0 Å². The fraction of sp³-hybridized carbons (Fsp3) is 0.467. The third-order valence-corrected chi connectivity index (χ3v) is 4.10. The first kappa shape index (κ1) is 15.6. The van der Waals surface area contributed by atoms with Crippen molar-refractivity contribution < 1.29 is 14.7 Å². The molecule has 1 aromatic carbocycles. The summed E-state index contributed by atoms with van der Waals surface area (Å²) in [4.78, 5) is 25.1. The third kappa shape index (κ3) is 3.67. The minimum absolute atomic E-state index is 0.303. The molecular weight excluding hydrogens is 292 g/mol. The van der Waals surface area contributed by atoms with E-state index in [1.807, 2.05) is 19.9 Å². The lowest BCUT2D eigenvalue weighted by Crippen LogP contribution is -2.51. The minimum atomic E-state index is -0.966. The molecule has 0 radical (unpaired) electrons. The Morgan fingerprint density at radius 1 is 1.43 bits per heavy atom. The number of likely N-dealkylation sites (tertiary alicyclic amines) is 1. The Labute approximate surface area is 128 Å². The number of halogens is 1. The van der Waals surface area contributed by atoms with E-state index >= 15 is 0 Å². The van der Waals surface area contributed by atoms with E-state index in [9.17, 15) is 14.7 Å². The van der Waals surface area contributed by atoms with Gasteiger partial charge >= 0.3 is 12.0 Å². The third-order valence-electron chi connectivity index (χ3n) is 3.77. The molecule has 2 amide bonds. The molecule has 6 heteroatoms. The van der Waals surface area contributed by atoms with E-state index in [-0.39, 0.29) is 0 Å². The fourth-order valence-corrected chi connectivity index (χ4v) is 2.71. The van der Waals surface area contributed by atoms with Gasteiger partial charge in [-0.2, -0.15) is 0 Å². The summed E-state index contributed by atoms with van der Waals surface area (Å²) < 4.78 is 0. The Kier molecular flexibility index (Phi) is 4.73. The van der Waals surface area contributed by atoms with Gasteiger partial charge in [-0.25, -0.2) is 9.59 Å². The summed E-state index contributed by atoms with van der Waals surface area (Å²) >= 11 is 6.05. The SMILES string of the molecule is Cc1ccc(Cl)c(NC(=O)N2CCC(C)CC2C(=O)O)c1. The van der Waals surface area contributed by atoms with Gasteiger partial charge in [-0.15, -0.1) is 0 Å². The van der Waals surface area contributed by atoms with Crippen molar-refractivity contribution in [3.63, 3.8) is 0 Å². The number of hydrogen-bond acceptors (Lipinski definition) is 2. The normalized spacial score (nSPS) is 22.0. The fourth-order valence-electron chi connectivity index (χ4n) is 2.54. The standard InChI is InChI=1S/C15H19ClN2O3/c1-9-3-4-11(16)12(7-9)17-15(21)18-6-5-10(2)8-13(18)14(19)20/h3-4,7,10,13H,5-6,8H2,1-2H3,(H,17,21)(H,19,20). The molecule has 0 bridgehead atoms. The number of hydrogen-bond donors (Lipinski definition) is 2. The lowest BCUT2D eigenvalue weighted by atomic mass is 9.93. The van der Waals surface area contributed by atoms with Crippen molar-refractivity contribution in [3.05, 3.63) is 28.8 Å². The number of piperidine rings is 1. The maximum atomic E-state index is 12.3. The maximum Gasteiger partial charge on any atom is 0.326 e. The summed E-state index contributed by atoms with van der Waals surface area (Å²) in [6, 6.07) is 4.13. The van der Waals surface area contributed by atoms with E-state index in [2.05, 4.69) is 5.32 Å². The van der Waals surface area contributed by atoms with Crippen LogP contribution in [0.1, 0.15) is 25.3 Å². The minimum Gasteiger partial charge on any atom is -0.480 e. The molecule has 1 aromatic rings. The van der Waals surface area contributed by atoms with Crippen molar-refractivity contribution in [1.82, 2.24) is 4.90 Å². The van der Waals surface area contributed by atoms with Gasteiger partial charge in [0.2, 0.25) is 0 Å². The number of aryl methyl sites for hydroxylation is 1. The quantitative estimate of drug-likeness (QED) is 0.880. The number of anilines is 1. The highest BCUT2D eigenvalue weighted by Gasteiger charge is 2.34. The van der Waals surface area contributed by atoms with Crippen molar-refractivity contribution in [2.24, 2.45) is 5.92 Å². The van der Waals surface area contributed by atoms with Crippen LogP contribution < -0.4 is 5.32 Å². The molecule has 2 unspecified atom stereocenters. The van der Waals surface area contributed by atoms with Crippen molar-refractivity contribution in [3.8, 4) is 0 Å². The van der Waals surface area contributed by atoms with E-state index in [1.165, 1.54) is 4.90 Å². The van der Waals surface area contributed by atoms with Crippen molar-refractivity contribution in [2.75, 3.05) is 11.9 Å². The van der Waals surface area contributed by atoms with E-state index < -0.39 is 18.0 Å². The highest BCUT2D eigenvalue weighted by Crippen LogP contribution is 2.26. The molecule has 5 nitrogen and oxygen atoms in total. The Bertz CT molecular complexity index is 562. The van der Waals surface area contributed by atoms with Gasteiger partial charge < -0.3 is 15.3 Å². The number of amides is 2.